The van der Waals surface area contributed by atoms with Crippen LogP contribution in [0.4, 0.5) is 0 Å². The lowest BCUT2D eigenvalue weighted by Gasteiger charge is -2.07. The molecule has 88 valence electrons. The minimum absolute atomic E-state index is 0.240. The van der Waals surface area contributed by atoms with Gasteiger partial charge in [-0.1, -0.05) is 18.2 Å². The van der Waals surface area contributed by atoms with E-state index in [1.54, 1.807) is 13.2 Å². The van der Waals surface area contributed by atoms with E-state index in [1.807, 2.05) is 12.1 Å². The van der Waals surface area contributed by atoms with Crippen molar-refractivity contribution in [3.63, 3.8) is 0 Å². The number of aliphatic hydroxyl groups excluding tert-OH is 1. The molecule has 0 aliphatic rings. The van der Waals surface area contributed by atoms with E-state index in [0.29, 0.717) is 6.42 Å². The molecule has 0 heterocycles. The number of methoxy groups -OCH3 is 1. The van der Waals surface area contributed by atoms with Crippen molar-refractivity contribution >= 4 is 0 Å². The monoisotopic (exact) mass is 220 g/mol. The molecular weight excluding hydrogens is 200 g/mol. The van der Waals surface area contributed by atoms with Gasteiger partial charge in [0.05, 0.1) is 13.2 Å². The molecule has 0 saturated heterocycles. The van der Waals surface area contributed by atoms with E-state index >= 15 is 0 Å². The molecule has 1 unspecified atom stereocenters. The van der Waals surface area contributed by atoms with Crippen LogP contribution in [0.15, 0.2) is 36.9 Å². The van der Waals surface area contributed by atoms with Crippen molar-refractivity contribution in [3.8, 4) is 5.75 Å². The van der Waals surface area contributed by atoms with Gasteiger partial charge in [-0.25, -0.2) is 0 Å². The average Bonchev–Trinajstić information content (AvgIpc) is 2.30. The number of rotatable bonds is 7. The zero-order valence-electron chi connectivity index (χ0n) is 9.86. The van der Waals surface area contributed by atoms with Gasteiger partial charge in [-0.15, -0.1) is 6.58 Å². The largest absolute Gasteiger partial charge is 0.497 e. The zero-order chi connectivity index (χ0) is 11.8. The summed E-state index contributed by atoms with van der Waals surface area (Å²) in [5, 5.41) is 9.52. The van der Waals surface area contributed by atoms with Crippen molar-refractivity contribution in [2.45, 2.75) is 31.8 Å². The fourth-order valence-corrected chi connectivity index (χ4v) is 1.64. The van der Waals surface area contributed by atoms with Crippen LogP contribution in [0.25, 0.3) is 0 Å². The van der Waals surface area contributed by atoms with Crippen LogP contribution in [-0.2, 0) is 6.42 Å². The molecule has 0 radical (unpaired) electrons. The van der Waals surface area contributed by atoms with Gasteiger partial charge in [-0.05, 0) is 43.4 Å². The highest BCUT2D eigenvalue weighted by Crippen LogP contribution is 2.14. The van der Waals surface area contributed by atoms with Crippen LogP contribution in [0.3, 0.4) is 0 Å². The van der Waals surface area contributed by atoms with Crippen LogP contribution in [-0.4, -0.2) is 18.3 Å². The smallest absolute Gasteiger partial charge is 0.118 e. The van der Waals surface area contributed by atoms with Crippen molar-refractivity contribution in [2.75, 3.05) is 7.11 Å². The minimum Gasteiger partial charge on any atom is -0.497 e. The average molecular weight is 220 g/mol. The van der Waals surface area contributed by atoms with Crippen molar-refractivity contribution in [1.29, 1.82) is 0 Å². The molecule has 0 spiro atoms. The highest BCUT2D eigenvalue weighted by molar-refractivity contribution is 5.27. The van der Waals surface area contributed by atoms with E-state index in [2.05, 4.69) is 18.7 Å². The summed E-state index contributed by atoms with van der Waals surface area (Å²) in [4.78, 5) is 0. The maximum atomic E-state index is 9.52. The fraction of sp³-hybridized carbons (Fsp3) is 0.429. The summed E-state index contributed by atoms with van der Waals surface area (Å²) in [6.07, 6.45) is 5.04. The Balaban J connectivity index is 2.28. The van der Waals surface area contributed by atoms with Crippen molar-refractivity contribution in [1.82, 2.24) is 0 Å². The molecule has 0 fully saturated rings. The van der Waals surface area contributed by atoms with Gasteiger partial charge in [0.2, 0.25) is 0 Å². The predicted octanol–water partition coefficient (Wildman–Crippen LogP) is 2.95. The van der Waals surface area contributed by atoms with Gasteiger partial charge in [-0.2, -0.15) is 0 Å². The Kier molecular flexibility index (Phi) is 5.65. The Labute approximate surface area is 97.6 Å². The second-order valence-corrected chi connectivity index (χ2v) is 3.92. The lowest BCUT2D eigenvalue weighted by molar-refractivity contribution is 0.165. The molecule has 2 heteroatoms. The van der Waals surface area contributed by atoms with Crippen molar-refractivity contribution in [3.05, 3.63) is 42.5 Å². The van der Waals surface area contributed by atoms with Crippen LogP contribution in [0, 0.1) is 0 Å². The highest BCUT2D eigenvalue weighted by atomic mass is 16.5. The van der Waals surface area contributed by atoms with E-state index in [9.17, 15) is 5.11 Å². The maximum absolute atomic E-state index is 9.52. The quantitative estimate of drug-likeness (QED) is 0.716. The lowest BCUT2D eigenvalue weighted by atomic mass is 10.0. The first-order valence-corrected chi connectivity index (χ1v) is 5.68. The van der Waals surface area contributed by atoms with E-state index < -0.39 is 0 Å². The first kappa shape index (κ1) is 12.8. The van der Waals surface area contributed by atoms with Gasteiger partial charge in [-0.3, -0.25) is 0 Å². The number of aryl methyl sites for hydroxylation is 1. The number of hydrogen-bond acceptors (Lipinski definition) is 2. The molecule has 0 aliphatic carbocycles. The third kappa shape index (κ3) is 4.49. The van der Waals surface area contributed by atoms with Crippen LogP contribution in [0.5, 0.6) is 5.75 Å². The SMILES string of the molecule is C=CCC(O)CCCc1ccc(OC)cc1. The third-order valence-electron chi connectivity index (χ3n) is 2.60. The van der Waals surface area contributed by atoms with E-state index in [-0.39, 0.29) is 6.10 Å². The van der Waals surface area contributed by atoms with E-state index in [0.717, 1.165) is 25.0 Å². The summed E-state index contributed by atoms with van der Waals surface area (Å²) in [6.45, 7) is 3.61. The molecule has 2 nitrogen and oxygen atoms in total. The van der Waals surface area contributed by atoms with Gasteiger partial charge in [0, 0.05) is 0 Å². The Morgan fingerprint density at radius 3 is 2.62 bits per heavy atom. The van der Waals surface area contributed by atoms with Crippen LogP contribution in [0.2, 0.25) is 0 Å². The fourth-order valence-electron chi connectivity index (χ4n) is 1.64. The molecule has 1 N–H and O–H groups in total. The van der Waals surface area contributed by atoms with Crippen molar-refractivity contribution < 1.29 is 9.84 Å². The minimum atomic E-state index is -0.240. The lowest BCUT2D eigenvalue weighted by Crippen LogP contribution is -2.04. The summed E-state index contributed by atoms with van der Waals surface area (Å²) in [5.74, 6) is 0.885. The van der Waals surface area contributed by atoms with E-state index in [4.69, 9.17) is 4.74 Å². The van der Waals surface area contributed by atoms with Gasteiger partial charge in [0.15, 0.2) is 0 Å². The Morgan fingerprint density at radius 2 is 2.06 bits per heavy atom. The molecule has 0 saturated carbocycles. The predicted molar refractivity (Wildman–Crippen MR) is 66.8 cm³/mol. The normalized spacial score (nSPS) is 12.1. The number of ether oxygens (including phenoxy) is 1. The molecule has 1 atom stereocenters. The Hall–Kier alpha value is -1.28. The topological polar surface area (TPSA) is 29.5 Å². The second kappa shape index (κ2) is 7.07. The molecule has 16 heavy (non-hydrogen) atoms. The highest BCUT2D eigenvalue weighted by Gasteiger charge is 2.01. The zero-order valence-corrected chi connectivity index (χ0v) is 9.86. The van der Waals surface area contributed by atoms with Crippen LogP contribution < -0.4 is 4.74 Å². The first-order valence-electron chi connectivity index (χ1n) is 5.68. The van der Waals surface area contributed by atoms with E-state index in [1.165, 1.54) is 5.56 Å². The Bertz CT molecular complexity index is 303. The third-order valence-corrected chi connectivity index (χ3v) is 2.60. The second-order valence-electron chi connectivity index (χ2n) is 3.92. The number of aliphatic hydroxyl groups is 1. The molecule has 1 aromatic carbocycles. The first-order chi connectivity index (χ1) is 7.76. The van der Waals surface area contributed by atoms with Gasteiger partial charge >= 0.3 is 0 Å². The Morgan fingerprint density at radius 1 is 1.38 bits per heavy atom. The molecule has 0 aromatic heterocycles. The number of hydrogen-bond donors (Lipinski definition) is 1. The summed E-state index contributed by atoms with van der Waals surface area (Å²) >= 11 is 0. The molecule has 0 bridgehead atoms. The summed E-state index contributed by atoms with van der Waals surface area (Å²) in [7, 11) is 1.67. The van der Waals surface area contributed by atoms with Gasteiger partial charge in [0.1, 0.15) is 5.75 Å². The standard InChI is InChI=1S/C14H20O2/c1-3-5-13(15)7-4-6-12-8-10-14(16-2)11-9-12/h3,8-11,13,15H,1,4-7H2,2H3. The summed E-state index contributed by atoms with van der Waals surface area (Å²) < 4.78 is 5.09. The molecule has 1 rings (SSSR count). The van der Waals surface area contributed by atoms with Crippen molar-refractivity contribution in [2.24, 2.45) is 0 Å². The summed E-state index contributed by atoms with van der Waals surface area (Å²) in [5.41, 5.74) is 1.28. The summed E-state index contributed by atoms with van der Waals surface area (Å²) in [6, 6.07) is 8.07. The molecule has 1 aromatic rings. The van der Waals surface area contributed by atoms with Gasteiger partial charge < -0.3 is 9.84 Å². The molecule has 0 aliphatic heterocycles. The molecule has 0 amide bonds. The van der Waals surface area contributed by atoms with Gasteiger partial charge in [0.25, 0.3) is 0 Å². The molecular formula is C14H20O2. The maximum Gasteiger partial charge on any atom is 0.118 e. The van der Waals surface area contributed by atoms with Crippen LogP contribution >= 0.6 is 0 Å². The van der Waals surface area contributed by atoms with Crippen LogP contribution in [0.1, 0.15) is 24.8 Å². The number of benzene rings is 1.